The van der Waals surface area contributed by atoms with E-state index >= 15 is 0 Å². The summed E-state index contributed by atoms with van der Waals surface area (Å²) in [6.45, 7) is 5.02. The van der Waals surface area contributed by atoms with Gasteiger partial charge in [-0.3, -0.25) is 9.69 Å². The lowest BCUT2D eigenvalue weighted by Crippen LogP contribution is -2.44. The van der Waals surface area contributed by atoms with Gasteiger partial charge in [-0.25, -0.2) is 0 Å². The Morgan fingerprint density at radius 1 is 1.37 bits per heavy atom. The highest BCUT2D eigenvalue weighted by Gasteiger charge is 2.44. The number of nitrogens with zero attached hydrogens (tertiary/aromatic N) is 1. The van der Waals surface area contributed by atoms with E-state index in [1.54, 1.807) is 0 Å². The molecule has 0 aliphatic carbocycles. The Hall–Kier alpha value is -1.39. The number of carbonyl (C=O) groups is 1. The summed E-state index contributed by atoms with van der Waals surface area (Å²) in [4.78, 5) is 14.7. The van der Waals surface area contributed by atoms with Gasteiger partial charge in [-0.1, -0.05) is 25.1 Å². The first kappa shape index (κ1) is 12.6. The average Bonchev–Trinajstić information content (AvgIpc) is 2.74. The summed E-state index contributed by atoms with van der Waals surface area (Å²) < 4.78 is 5.90. The van der Waals surface area contributed by atoms with Gasteiger partial charge in [0, 0.05) is 18.8 Å². The Labute approximate surface area is 113 Å². The van der Waals surface area contributed by atoms with Crippen LogP contribution in [0.4, 0.5) is 5.69 Å². The van der Waals surface area contributed by atoms with Gasteiger partial charge in [0.15, 0.2) is 0 Å². The van der Waals surface area contributed by atoms with Crippen molar-refractivity contribution in [2.24, 2.45) is 5.92 Å². The van der Waals surface area contributed by atoms with E-state index in [0.29, 0.717) is 0 Å². The summed E-state index contributed by atoms with van der Waals surface area (Å²) in [5, 5.41) is 2.99. The molecule has 1 aromatic carbocycles. The molecule has 0 saturated carbocycles. The summed E-state index contributed by atoms with van der Waals surface area (Å²) in [5.41, 5.74) is 0.862. The Kier molecular flexibility index (Phi) is 3.53. The van der Waals surface area contributed by atoms with Gasteiger partial charge in [0.25, 0.3) is 0 Å². The van der Waals surface area contributed by atoms with Crippen LogP contribution in [-0.4, -0.2) is 42.6 Å². The first-order valence-corrected chi connectivity index (χ1v) is 7.00. The molecule has 0 radical (unpaired) electrons. The third-order valence-electron chi connectivity index (χ3n) is 4.06. The standard InChI is InChI=1S/C15H20N2O2/c1-2-17-9-12-8-13(14(10-17)19-12)15(18)16-11-6-4-3-5-7-11/h3-7,12-14H,2,8-10H2,1H3,(H,16,18)/t12-,13+,14-/m0/s1. The van der Waals surface area contributed by atoms with Gasteiger partial charge in [0.2, 0.25) is 5.91 Å². The van der Waals surface area contributed by atoms with Gasteiger partial charge in [-0.2, -0.15) is 0 Å². The average molecular weight is 260 g/mol. The summed E-state index contributed by atoms with van der Waals surface area (Å²) >= 11 is 0. The molecule has 1 aromatic rings. The molecule has 4 heteroatoms. The minimum Gasteiger partial charge on any atom is -0.371 e. The molecule has 2 fully saturated rings. The van der Waals surface area contributed by atoms with E-state index in [1.807, 2.05) is 30.3 Å². The zero-order valence-corrected chi connectivity index (χ0v) is 11.2. The zero-order valence-electron chi connectivity index (χ0n) is 11.2. The van der Waals surface area contributed by atoms with Crippen LogP contribution in [-0.2, 0) is 9.53 Å². The van der Waals surface area contributed by atoms with Crippen molar-refractivity contribution in [1.29, 1.82) is 0 Å². The fourth-order valence-corrected chi connectivity index (χ4v) is 3.03. The van der Waals surface area contributed by atoms with E-state index in [4.69, 9.17) is 4.74 Å². The zero-order chi connectivity index (χ0) is 13.2. The van der Waals surface area contributed by atoms with Crippen LogP contribution >= 0.6 is 0 Å². The first-order chi connectivity index (χ1) is 9.26. The number of nitrogens with one attached hydrogen (secondary N) is 1. The molecule has 19 heavy (non-hydrogen) atoms. The van der Waals surface area contributed by atoms with Crippen molar-refractivity contribution in [3.8, 4) is 0 Å². The lowest BCUT2D eigenvalue weighted by atomic mass is 9.99. The van der Waals surface area contributed by atoms with E-state index in [1.165, 1.54) is 0 Å². The van der Waals surface area contributed by atoms with Crippen molar-refractivity contribution >= 4 is 11.6 Å². The maximum Gasteiger partial charge on any atom is 0.230 e. The normalized spacial score (nSPS) is 30.3. The summed E-state index contributed by atoms with van der Waals surface area (Å²) in [5.74, 6) is 0.0819. The lowest BCUT2D eigenvalue weighted by Gasteiger charge is -2.31. The van der Waals surface area contributed by atoms with Crippen molar-refractivity contribution in [2.75, 3.05) is 25.0 Å². The van der Waals surface area contributed by atoms with Crippen LogP contribution in [0.3, 0.4) is 0 Å². The topological polar surface area (TPSA) is 41.6 Å². The number of hydrogen-bond donors (Lipinski definition) is 1. The number of fused-ring (bicyclic) bond motifs is 2. The fraction of sp³-hybridized carbons (Fsp3) is 0.533. The highest BCUT2D eigenvalue weighted by Crippen LogP contribution is 2.32. The molecule has 0 unspecified atom stereocenters. The molecule has 2 saturated heterocycles. The predicted octanol–water partition coefficient (Wildman–Crippen LogP) is 1.73. The number of rotatable bonds is 3. The molecule has 2 bridgehead atoms. The number of benzene rings is 1. The van der Waals surface area contributed by atoms with Gasteiger partial charge in [-0.15, -0.1) is 0 Å². The number of anilines is 1. The molecule has 102 valence electrons. The Morgan fingerprint density at radius 2 is 2.16 bits per heavy atom. The second-order valence-corrected chi connectivity index (χ2v) is 5.35. The Balaban J connectivity index is 1.65. The molecule has 0 aromatic heterocycles. The van der Waals surface area contributed by atoms with Crippen LogP contribution in [0.15, 0.2) is 30.3 Å². The molecular formula is C15H20N2O2. The first-order valence-electron chi connectivity index (χ1n) is 7.00. The number of hydrogen-bond acceptors (Lipinski definition) is 3. The predicted molar refractivity (Wildman–Crippen MR) is 74.0 cm³/mol. The van der Waals surface area contributed by atoms with Crippen molar-refractivity contribution in [3.05, 3.63) is 30.3 Å². The summed E-state index contributed by atoms with van der Waals surface area (Å²) in [7, 11) is 0. The SMILES string of the molecule is CCN1C[C@@H]2C[C@@H](C(=O)Nc3ccccc3)[C@H](C1)O2. The minimum atomic E-state index is -0.0123. The second kappa shape index (κ2) is 5.31. The fourth-order valence-electron chi connectivity index (χ4n) is 3.03. The summed E-state index contributed by atoms with van der Waals surface area (Å²) in [6, 6.07) is 9.63. The van der Waals surface area contributed by atoms with Gasteiger partial charge in [0.1, 0.15) is 0 Å². The van der Waals surface area contributed by atoms with E-state index in [0.717, 1.165) is 31.7 Å². The molecule has 4 nitrogen and oxygen atoms in total. The number of morpholine rings is 1. The Morgan fingerprint density at radius 3 is 2.89 bits per heavy atom. The molecule has 3 atom stereocenters. The molecule has 3 rings (SSSR count). The molecule has 0 spiro atoms. The molecule has 2 aliphatic heterocycles. The monoisotopic (exact) mass is 260 g/mol. The van der Waals surface area contributed by atoms with E-state index < -0.39 is 0 Å². The van der Waals surface area contributed by atoms with Crippen LogP contribution in [0.2, 0.25) is 0 Å². The van der Waals surface area contributed by atoms with E-state index in [2.05, 4.69) is 17.1 Å². The molecule has 2 heterocycles. The van der Waals surface area contributed by atoms with Crippen molar-refractivity contribution in [2.45, 2.75) is 25.6 Å². The van der Waals surface area contributed by atoms with Crippen molar-refractivity contribution in [3.63, 3.8) is 0 Å². The highest BCUT2D eigenvalue weighted by molar-refractivity contribution is 5.93. The number of carbonyl (C=O) groups excluding carboxylic acids is 1. The smallest absolute Gasteiger partial charge is 0.230 e. The quantitative estimate of drug-likeness (QED) is 0.900. The molecule has 1 N–H and O–H groups in total. The number of amides is 1. The molecule has 2 aliphatic rings. The number of para-hydroxylation sites is 1. The third-order valence-corrected chi connectivity index (χ3v) is 4.06. The minimum absolute atomic E-state index is 0.0123. The van der Waals surface area contributed by atoms with Crippen molar-refractivity contribution < 1.29 is 9.53 Å². The highest BCUT2D eigenvalue weighted by atomic mass is 16.5. The van der Waals surface area contributed by atoms with Crippen LogP contribution in [0.5, 0.6) is 0 Å². The summed E-state index contributed by atoms with van der Waals surface area (Å²) in [6.07, 6.45) is 1.13. The van der Waals surface area contributed by atoms with Crippen LogP contribution in [0.25, 0.3) is 0 Å². The maximum absolute atomic E-state index is 12.3. The van der Waals surface area contributed by atoms with Gasteiger partial charge < -0.3 is 10.1 Å². The largest absolute Gasteiger partial charge is 0.371 e. The van der Waals surface area contributed by atoms with Crippen molar-refractivity contribution in [1.82, 2.24) is 4.90 Å². The van der Waals surface area contributed by atoms with E-state index in [-0.39, 0.29) is 24.0 Å². The maximum atomic E-state index is 12.3. The van der Waals surface area contributed by atoms with Crippen LogP contribution in [0, 0.1) is 5.92 Å². The van der Waals surface area contributed by atoms with Crippen LogP contribution in [0.1, 0.15) is 13.3 Å². The molecular weight excluding hydrogens is 240 g/mol. The number of ether oxygens (including phenoxy) is 1. The lowest BCUT2D eigenvalue weighted by molar-refractivity contribution is -0.122. The third kappa shape index (κ3) is 2.65. The second-order valence-electron chi connectivity index (χ2n) is 5.35. The number of likely N-dealkylation sites (tertiary alicyclic amines) is 1. The van der Waals surface area contributed by atoms with Gasteiger partial charge in [0.05, 0.1) is 18.1 Å². The number of likely N-dealkylation sites (N-methyl/N-ethyl adjacent to an activating group) is 1. The van der Waals surface area contributed by atoms with Gasteiger partial charge in [-0.05, 0) is 25.1 Å². The Bertz CT molecular complexity index is 449. The molecule has 1 amide bonds. The van der Waals surface area contributed by atoms with Gasteiger partial charge >= 0.3 is 0 Å². The van der Waals surface area contributed by atoms with Crippen LogP contribution < -0.4 is 5.32 Å². The van der Waals surface area contributed by atoms with E-state index in [9.17, 15) is 4.79 Å².